The molecule has 0 fully saturated rings. The van der Waals surface area contributed by atoms with Gasteiger partial charge >= 0.3 is 6.18 Å². The quantitative estimate of drug-likeness (QED) is 0.386. The molecule has 1 aromatic heterocycles. The Balaban J connectivity index is 1.69. The summed E-state index contributed by atoms with van der Waals surface area (Å²) < 4.78 is 42.5. The van der Waals surface area contributed by atoms with Crippen molar-refractivity contribution in [2.75, 3.05) is 10.6 Å². The zero-order chi connectivity index (χ0) is 22.3. The lowest BCUT2D eigenvalue weighted by atomic mass is 9.97. The molecule has 0 bridgehead atoms. The van der Waals surface area contributed by atoms with Crippen LogP contribution in [0.25, 0.3) is 0 Å². The van der Waals surface area contributed by atoms with Crippen molar-refractivity contribution >= 4 is 56.5 Å². The minimum atomic E-state index is -4.55. The van der Waals surface area contributed by atoms with E-state index in [4.69, 9.17) is 23.2 Å². The van der Waals surface area contributed by atoms with Crippen LogP contribution in [0.2, 0.25) is 10.0 Å². The second kappa shape index (κ2) is 8.37. The van der Waals surface area contributed by atoms with Crippen LogP contribution in [0.1, 0.15) is 34.6 Å². The normalized spacial score (nSPS) is 18.3. The average Bonchev–Trinajstić information content (AvgIpc) is 3.06. The minimum Gasteiger partial charge on any atom is -0.362 e. The molecular formula is C20H14BrCl2F3N4O. The summed E-state index contributed by atoms with van der Waals surface area (Å²) in [5, 5.41) is 10.2. The number of hydrogen-bond acceptors (Lipinski definition) is 3. The Labute approximate surface area is 193 Å². The highest BCUT2D eigenvalue weighted by molar-refractivity contribution is 9.10. The van der Waals surface area contributed by atoms with E-state index in [0.717, 1.165) is 4.68 Å². The summed E-state index contributed by atoms with van der Waals surface area (Å²) in [5.41, 5.74) is 0.856. The topological polar surface area (TPSA) is 59.0 Å². The number of anilines is 2. The van der Waals surface area contributed by atoms with Gasteiger partial charge in [0.1, 0.15) is 5.82 Å². The highest BCUT2D eigenvalue weighted by atomic mass is 79.9. The summed E-state index contributed by atoms with van der Waals surface area (Å²) in [6.07, 6.45) is -4.81. The molecule has 2 aromatic carbocycles. The van der Waals surface area contributed by atoms with Crippen LogP contribution in [-0.4, -0.2) is 21.9 Å². The van der Waals surface area contributed by atoms with Gasteiger partial charge in [-0.3, -0.25) is 4.79 Å². The third-order valence-electron chi connectivity index (χ3n) is 4.89. The van der Waals surface area contributed by atoms with Gasteiger partial charge in [0.05, 0.1) is 20.6 Å². The lowest BCUT2D eigenvalue weighted by molar-refractivity contribution is -0.173. The maximum absolute atomic E-state index is 13.8. The third-order valence-corrected chi connectivity index (χ3v) is 6.38. The molecule has 1 amide bonds. The summed E-state index contributed by atoms with van der Waals surface area (Å²) in [5.74, 6) is -0.604. The average molecular weight is 534 g/mol. The lowest BCUT2D eigenvalue weighted by Crippen LogP contribution is -2.35. The standard InChI is InChI=1S/C20H14BrCl2F3N4O/c21-16-17(19(31)27-11-6-7-12(22)13(23)8-11)29-30-15(20(24,25)26)9-14(28-18(16)30)10-4-2-1-3-5-10/h1-8,14-15,28H,9H2,(H,27,31)/t14-,15-/m0/s1. The van der Waals surface area contributed by atoms with E-state index in [1.54, 1.807) is 30.3 Å². The van der Waals surface area contributed by atoms with Crippen molar-refractivity contribution in [3.63, 3.8) is 0 Å². The van der Waals surface area contributed by atoms with Crippen LogP contribution in [0.3, 0.4) is 0 Å². The Morgan fingerprint density at radius 3 is 2.52 bits per heavy atom. The first-order valence-electron chi connectivity index (χ1n) is 9.07. The van der Waals surface area contributed by atoms with Gasteiger partial charge in [0, 0.05) is 12.1 Å². The van der Waals surface area contributed by atoms with Gasteiger partial charge in [0.2, 0.25) is 0 Å². The number of nitrogens with one attached hydrogen (secondary N) is 2. The van der Waals surface area contributed by atoms with E-state index < -0.39 is 24.2 Å². The van der Waals surface area contributed by atoms with E-state index in [2.05, 4.69) is 31.7 Å². The van der Waals surface area contributed by atoms with Gasteiger partial charge in [-0.15, -0.1) is 0 Å². The number of alkyl halides is 3. The molecule has 0 aliphatic carbocycles. The molecule has 5 nitrogen and oxygen atoms in total. The van der Waals surface area contributed by atoms with Crippen LogP contribution in [0, 0.1) is 0 Å². The zero-order valence-electron chi connectivity index (χ0n) is 15.6. The molecule has 0 saturated carbocycles. The number of carbonyl (C=O) groups excluding carboxylic acids is 1. The number of halogens is 6. The fourth-order valence-electron chi connectivity index (χ4n) is 3.40. The summed E-state index contributed by atoms with van der Waals surface area (Å²) >= 11 is 15.1. The molecule has 0 radical (unpaired) electrons. The molecule has 2 heterocycles. The molecule has 0 unspecified atom stereocenters. The van der Waals surface area contributed by atoms with Crippen LogP contribution in [-0.2, 0) is 0 Å². The van der Waals surface area contributed by atoms with Crippen LogP contribution >= 0.6 is 39.1 Å². The molecule has 3 aromatic rings. The lowest BCUT2D eigenvalue weighted by Gasteiger charge is -2.33. The number of fused-ring (bicyclic) bond motifs is 1. The molecule has 1 aliphatic heterocycles. The number of rotatable bonds is 3. The van der Waals surface area contributed by atoms with Crippen molar-refractivity contribution in [3.8, 4) is 0 Å². The zero-order valence-corrected chi connectivity index (χ0v) is 18.6. The van der Waals surface area contributed by atoms with E-state index >= 15 is 0 Å². The second-order valence-electron chi connectivity index (χ2n) is 6.94. The van der Waals surface area contributed by atoms with E-state index in [-0.39, 0.29) is 27.4 Å². The predicted molar refractivity (Wildman–Crippen MR) is 117 cm³/mol. The molecular weight excluding hydrogens is 520 g/mol. The van der Waals surface area contributed by atoms with Gasteiger partial charge in [-0.1, -0.05) is 53.5 Å². The molecule has 0 spiro atoms. The maximum atomic E-state index is 13.8. The maximum Gasteiger partial charge on any atom is 0.410 e. The highest BCUT2D eigenvalue weighted by Crippen LogP contribution is 2.46. The van der Waals surface area contributed by atoms with E-state index in [1.165, 1.54) is 18.2 Å². The monoisotopic (exact) mass is 532 g/mol. The summed E-state index contributed by atoms with van der Waals surface area (Å²) in [6, 6.07) is 10.8. The van der Waals surface area contributed by atoms with Gasteiger partial charge in [0.15, 0.2) is 11.7 Å². The third kappa shape index (κ3) is 4.40. The van der Waals surface area contributed by atoms with E-state index in [9.17, 15) is 18.0 Å². The SMILES string of the molecule is O=C(Nc1ccc(Cl)c(Cl)c1)c1nn2c(c1Br)N[C@H](c1ccccc1)C[C@H]2C(F)(F)F. The molecule has 11 heteroatoms. The molecule has 2 N–H and O–H groups in total. The fourth-order valence-corrected chi connectivity index (χ4v) is 4.26. The first-order chi connectivity index (χ1) is 14.6. The van der Waals surface area contributed by atoms with Crippen molar-refractivity contribution in [1.29, 1.82) is 0 Å². The van der Waals surface area contributed by atoms with E-state index in [0.29, 0.717) is 16.3 Å². The van der Waals surface area contributed by atoms with Gasteiger partial charge in [0.25, 0.3) is 5.91 Å². The van der Waals surface area contributed by atoms with Gasteiger partial charge in [-0.05, 0) is 39.7 Å². The molecule has 4 rings (SSSR count). The Morgan fingerprint density at radius 2 is 1.87 bits per heavy atom. The molecule has 0 saturated heterocycles. The summed E-state index contributed by atoms with van der Waals surface area (Å²) in [6.45, 7) is 0. The number of benzene rings is 2. The number of carbonyl (C=O) groups is 1. The first kappa shape index (κ1) is 22.0. The van der Waals surface area contributed by atoms with Crippen molar-refractivity contribution < 1.29 is 18.0 Å². The van der Waals surface area contributed by atoms with Crippen molar-refractivity contribution in [3.05, 3.63) is 74.3 Å². The summed E-state index contributed by atoms with van der Waals surface area (Å²) in [4.78, 5) is 12.8. The van der Waals surface area contributed by atoms with Crippen LogP contribution in [0.4, 0.5) is 24.7 Å². The number of amides is 1. The summed E-state index contributed by atoms with van der Waals surface area (Å²) in [7, 11) is 0. The highest BCUT2D eigenvalue weighted by Gasteiger charge is 2.47. The Morgan fingerprint density at radius 1 is 1.16 bits per heavy atom. The van der Waals surface area contributed by atoms with Gasteiger partial charge < -0.3 is 10.6 Å². The fraction of sp³-hybridized carbons (Fsp3) is 0.200. The Bertz CT molecular complexity index is 1140. The number of nitrogens with zero attached hydrogens (tertiary/aromatic N) is 2. The molecule has 162 valence electrons. The van der Waals surface area contributed by atoms with Crippen molar-refractivity contribution in [2.24, 2.45) is 0 Å². The first-order valence-corrected chi connectivity index (χ1v) is 10.6. The van der Waals surface area contributed by atoms with Gasteiger partial charge in [-0.25, -0.2) is 4.68 Å². The molecule has 31 heavy (non-hydrogen) atoms. The Kier molecular flexibility index (Phi) is 5.93. The van der Waals surface area contributed by atoms with Gasteiger partial charge in [-0.2, -0.15) is 18.3 Å². The van der Waals surface area contributed by atoms with Crippen LogP contribution in [0.15, 0.2) is 53.0 Å². The minimum absolute atomic E-state index is 0.0849. The van der Waals surface area contributed by atoms with E-state index in [1.807, 2.05) is 0 Å². The predicted octanol–water partition coefficient (Wildman–Crippen LogP) is 6.87. The van der Waals surface area contributed by atoms with Crippen LogP contribution in [0.5, 0.6) is 0 Å². The second-order valence-corrected chi connectivity index (χ2v) is 8.55. The van der Waals surface area contributed by atoms with Crippen LogP contribution < -0.4 is 10.6 Å². The van der Waals surface area contributed by atoms with Crippen molar-refractivity contribution in [2.45, 2.75) is 24.7 Å². The number of hydrogen-bond donors (Lipinski definition) is 2. The smallest absolute Gasteiger partial charge is 0.362 e. The molecule has 2 atom stereocenters. The largest absolute Gasteiger partial charge is 0.410 e. The Hall–Kier alpha value is -2.23. The van der Waals surface area contributed by atoms with Crippen molar-refractivity contribution in [1.82, 2.24) is 9.78 Å². The number of aromatic nitrogens is 2. The molecule has 1 aliphatic rings.